The van der Waals surface area contributed by atoms with E-state index in [0.717, 1.165) is 28.0 Å². The first-order chi connectivity index (χ1) is 16.5. The third-order valence-corrected chi connectivity index (χ3v) is 5.92. The Hall–Kier alpha value is -3.57. The Morgan fingerprint density at radius 1 is 0.794 bits per heavy atom. The van der Waals surface area contributed by atoms with E-state index in [-0.39, 0.29) is 12.2 Å². The lowest BCUT2D eigenvalue weighted by atomic mass is 10.0. The van der Waals surface area contributed by atoms with E-state index in [9.17, 15) is 9.59 Å². The standard InChI is InChI=1S/C28H25ClN2O3/c29-22-10-6-7-19(17-22)13-16-26(32)21-14-15-23-25(18-21)31-28(20-8-2-1-3-9-20)24(30-23)11-4-5-12-27(33)34/h1-3,6-10,14-15,17-18H,4-5,11-13,16H2,(H,33,34). The van der Waals surface area contributed by atoms with Gasteiger partial charge in [-0.15, -0.1) is 0 Å². The molecule has 6 heteroatoms. The molecule has 0 aliphatic rings. The summed E-state index contributed by atoms with van der Waals surface area (Å²) in [6.45, 7) is 0. The van der Waals surface area contributed by atoms with E-state index in [0.29, 0.717) is 48.2 Å². The van der Waals surface area contributed by atoms with Crippen molar-refractivity contribution < 1.29 is 14.7 Å². The molecule has 0 amide bonds. The van der Waals surface area contributed by atoms with Crippen LogP contribution in [0.4, 0.5) is 0 Å². The summed E-state index contributed by atoms with van der Waals surface area (Å²) in [6, 6.07) is 22.8. The van der Waals surface area contributed by atoms with Crippen molar-refractivity contribution in [3.8, 4) is 11.3 Å². The number of aliphatic carboxylic acids is 1. The zero-order chi connectivity index (χ0) is 23.9. The topological polar surface area (TPSA) is 80.1 Å². The molecule has 0 unspecified atom stereocenters. The summed E-state index contributed by atoms with van der Waals surface area (Å²) < 4.78 is 0. The molecule has 0 aliphatic heterocycles. The van der Waals surface area contributed by atoms with E-state index in [1.54, 1.807) is 6.07 Å². The minimum atomic E-state index is -0.791. The third-order valence-electron chi connectivity index (χ3n) is 5.69. The summed E-state index contributed by atoms with van der Waals surface area (Å²) in [5.74, 6) is -0.747. The van der Waals surface area contributed by atoms with Crippen molar-refractivity contribution in [2.45, 2.75) is 38.5 Å². The molecule has 5 nitrogen and oxygen atoms in total. The number of carbonyl (C=O) groups is 2. The van der Waals surface area contributed by atoms with Gasteiger partial charge in [-0.2, -0.15) is 0 Å². The van der Waals surface area contributed by atoms with Gasteiger partial charge < -0.3 is 5.11 Å². The van der Waals surface area contributed by atoms with E-state index < -0.39 is 5.97 Å². The number of benzene rings is 3. The van der Waals surface area contributed by atoms with E-state index >= 15 is 0 Å². The maximum absolute atomic E-state index is 12.9. The number of rotatable bonds is 10. The van der Waals surface area contributed by atoms with Gasteiger partial charge in [0.15, 0.2) is 5.78 Å². The number of Topliss-reactive ketones (excluding diaryl/α,β-unsaturated/α-hetero) is 1. The molecule has 0 fully saturated rings. The van der Waals surface area contributed by atoms with Gasteiger partial charge in [0.05, 0.1) is 22.4 Å². The predicted octanol–water partition coefficient (Wildman–Crippen LogP) is 6.56. The van der Waals surface area contributed by atoms with Crippen LogP contribution < -0.4 is 0 Å². The molecule has 4 rings (SSSR count). The van der Waals surface area contributed by atoms with Gasteiger partial charge in [0.25, 0.3) is 0 Å². The van der Waals surface area contributed by atoms with Crippen molar-refractivity contribution in [2.75, 3.05) is 0 Å². The Balaban J connectivity index is 1.59. The van der Waals surface area contributed by atoms with Crippen LogP contribution in [-0.2, 0) is 17.6 Å². The minimum absolute atomic E-state index is 0.0442. The highest BCUT2D eigenvalue weighted by Gasteiger charge is 2.14. The number of aromatic nitrogens is 2. The molecule has 3 aromatic carbocycles. The first-order valence-corrected chi connectivity index (χ1v) is 11.7. The number of fused-ring (bicyclic) bond motifs is 1. The van der Waals surface area contributed by atoms with Crippen LogP contribution in [0, 0.1) is 0 Å². The Morgan fingerprint density at radius 3 is 2.38 bits per heavy atom. The molecule has 0 radical (unpaired) electrons. The lowest BCUT2D eigenvalue weighted by molar-refractivity contribution is -0.137. The molecule has 34 heavy (non-hydrogen) atoms. The lowest BCUT2D eigenvalue weighted by Crippen LogP contribution is -2.04. The van der Waals surface area contributed by atoms with Crippen molar-refractivity contribution in [3.63, 3.8) is 0 Å². The van der Waals surface area contributed by atoms with Crippen molar-refractivity contribution in [3.05, 3.63) is 94.6 Å². The molecular weight excluding hydrogens is 448 g/mol. The van der Waals surface area contributed by atoms with E-state index in [2.05, 4.69) is 0 Å². The Bertz CT molecular complexity index is 1320. The smallest absolute Gasteiger partial charge is 0.303 e. The maximum Gasteiger partial charge on any atom is 0.303 e. The number of aryl methyl sites for hydroxylation is 2. The van der Waals surface area contributed by atoms with Gasteiger partial charge in [-0.05, 0) is 61.6 Å². The summed E-state index contributed by atoms with van der Waals surface area (Å²) in [4.78, 5) is 33.4. The van der Waals surface area contributed by atoms with Crippen LogP contribution in [0.25, 0.3) is 22.3 Å². The van der Waals surface area contributed by atoms with Gasteiger partial charge in [0, 0.05) is 29.0 Å². The molecule has 0 saturated heterocycles. The number of carboxylic acid groups (broad SMARTS) is 1. The van der Waals surface area contributed by atoms with Crippen LogP contribution in [-0.4, -0.2) is 26.8 Å². The van der Waals surface area contributed by atoms with E-state index in [1.807, 2.05) is 66.7 Å². The number of carbonyl (C=O) groups excluding carboxylic acids is 1. The number of hydrogen-bond donors (Lipinski definition) is 1. The predicted molar refractivity (Wildman–Crippen MR) is 134 cm³/mol. The molecule has 0 atom stereocenters. The summed E-state index contributed by atoms with van der Waals surface area (Å²) >= 11 is 6.05. The summed E-state index contributed by atoms with van der Waals surface area (Å²) in [5.41, 5.74) is 5.58. The quantitative estimate of drug-likeness (QED) is 0.209. The van der Waals surface area contributed by atoms with Gasteiger partial charge in [-0.25, -0.2) is 9.97 Å². The number of halogens is 1. The van der Waals surface area contributed by atoms with Crippen molar-refractivity contribution >= 4 is 34.4 Å². The fourth-order valence-corrected chi connectivity index (χ4v) is 4.14. The average molecular weight is 473 g/mol. The lowest BCUT2D eigenvalue weighted by Gasteiger charge is -2.11. The van der Waals surface area contributed by atoms with Gasteiger partial charge in [-0.1, -0.05) is 54.1 Å². The molecule has 1 aromatic heterocycles. The Morgan fingerprint density at radius 2 is 1.62 bits per heavy atom. The van der Waals surface area contributed by atoms with Gasteiger partial charge >= 0.3 is 5.97 Å². The largest absolute Gasteiger partial charge is 0.481 e. The first-order valence-electron chi connectivity index (χ1n) is 11.3. The molecule has 0 saturated carbocycles. The van der Waals surface area contributed by atoms with Crippen LogP contribution in [0.1, 0.15) is 47.3 Å². The second-order valence-corrected chi connectivity index (χ2v) is 8.68. The number of carboxylic acids is 1. The van der Waals surface area contributed by atoms with Crippen LogP contribution in [0.5, 0.6) is 0 Å². The fourth-order valence-electron chi connectivity index (χ4n) is 3.93. The summed E-state index contributed by atoms with van der Waals surface area (Å²) in [7, 11) is 0. The van der Waals surface area contributed by atoms with E-state index in [4.69, 9.17) is 26.7 Å². The Kier molecular flexibility index (Phi) is 7.65. The number of nitrogens with zero attached hydrogens (tertiary/aromatic N) is 2. The summed E-state index contributed by atoms with van der Waals surface area (Å²) in [5, 5.41) is 9.57. The Labute approximate surface area is 203 Å². The summed E-state index contributed by atoms with van der Waals surface area (Å²) in [6.07, 6.45) is 3.08. The molecule has 1 heterocycles. The van der Waals surface area contributed by atoms with Gasteiger partial charge in [0.2, 0.25) is 0 Å². The van der Waals surface area contributed by atoms with Crippen molar-refractivity contribution in [1.29, 1.82) is 0 Å². The first kappa shape index (κ1) is 23.6. The SMILES string of the molecule is O=C(O)CCCCc1nc2ccc(C(=O)CCc3cccc(Cl)c3)cc2nc1-c1ccccc1. The fraction of sp³-hybridized carbons (Fsp3) is 0.214. The molecule has 0 aliphatic carbocycles. The minimum Gasteiger partial charge on any atom is -0.481 e. The number of unbranched alkanes of at least 4 members (excludes halogenated alkanes) is 1. The zero-order valence-corrected chi connectivity index (χ0v) is 19.5. The zero-order valence-electron chi connectivity index (χ0n) is 18.7. The highest BCUT2D eigenvalue weighted by Crippen LogP contribution is 2.26. The highest BCUT2D eigenvalue weighted by molar-refractivity contribution is 6.30. The maximum atomic E-state index is 12.9. The number of ketones is 1. The number of hydrogen-bond acceptors (Lipinski definition) is 4. The van der Waals surface area contributed by atoms with Crippen LogP contribution in [0.3, 0.4) is 0 Å². The van der Waals surface area contributed by atoms with E-state index in [1.165, 1.54) is 0 Å². The highest BCUT2D eigenvalue weighted by atomic mass is 35.5. The van der Waals surface area contributed by atoms with Gasteiger partial charge in [0.1, 0.15) is 0 Å². The molecular formula is C28H25ClN2O3. The van der Waals surface area contributed by atoms with Crippen LogP contribution in [0.15, 0.2) is 72.8 Å². The third kappa shape index (κ3) is 6.06. The molecule has 0 spiro atoms. The molecule has 4 aromatic rings. The monoisotopic (exact) mass is 472 g/mol. The van der Waals surface area contributed by atoms with Gasteiger partial charge in [-0.3, -0.25) is 9.59 Å². The van der Waals surface area contributed by atoms with Crippen LogP contribution in [0.2, 0.25) is 5.02 Å². The second kappa shape index (κ2) is 11.0. The second-order valence-electron chi connectivity index (χ2n) is 8.24. The van der Waals surface area contributed by atoms with Crippen molar-refractivity contribution in [2.24, 2.45) is 0 Å². The van der Waals surface area contributed by atoms with Crippen molar-refractivity contribution in [1.82, 2.24) is 9.97 Å². The molecule has 0 bridgehead atoms. The molecule has 172 valence electrons. The normalized spacial score (nSPS) is 11.0. The molecule has 1 N–H and O–H groups in total. The van der Waals surface area contributed by atoms with Crippen LogP contribution >= 0.6 is 11.6 Å². The average Bonchev–Trinajstić information content (AvgIpc) is 2.85.